The van der Waals surface area contributed by atoms with Crippen LogP contribution in [0.5, 0.6) is 5.75 Å². The second kappa shape index (κ2) is 9.32. The number of fused-ring (bicyclic) bond motifs is 1. The molecule has 6 nitrogen and oxygen atoms in total. The molecule has 1 N–H and O–H groups in total. The molecule has 1 atom stereocenters. The molecule has 0 spiro atoms. The molecule has 0 saturated heterocycles. The quantitative estimate of drug-likeness (QED) is 0.520. The van der Waals surface area contributed by atoms with Gasteiger partial charge in [0.05, 0.1) is 17.7 Å². The third-order valence-electron chi connectivity index (χ3n) is 5.03. The van der Waals surface area contributed by atoms with Gasteiger partial charge in [-0.1, -0.05) is 17.7 Å². The predicted molar refractivity (Wildman–Crippen MR) is 116 cm³/mol. The van der Waals surface area contributed by atoms with E-state index in [0.29, 0.717) is 17.7 Å². The van der Waals surface area contributed by atoms with Gasteiger partial charge in [-0.25, -0.2) is 18.4 Å². The Morgan fingerprint density at radius 3 is 2.59 bits per heavy atom. The third kappa shape index (κ3) is 5.12. The summed E-state index contributed by atoms with van der Waals surface area (Å²) in [5.41, 5.74) is 0.651. The summed E-state index contributed by atoms with van der Waals surface area (Å²) in [5, 5.41) is 2.68. The molecule has 1 unspecified atom stereocenters. The van der Waals surface area contributed by atoms with E-state index >= 15 is 0 Å². The number of esters is 1. The van der Waals surface area contributed by atoms with E-state index in [1.54, 1.807) is 18.2 Å². The number of rotatable bonds is 4. The molecule has 0 fully saturated rings. The minimum atomic E-state index is -0.914. The van der Waals surface area contributed by atoms with E-state index in [2.05, 4.69) is 5.32 Å². The van der Waals surface area contributed by atoms with E-state index in [1.165, 1.54) is 12.0 Å². The number of urea groups is 1. The fourth-order valence-electron chi connectivity index (χ4n) is 3.53. The molecule has 0 bridgehead atoms. The average Bonchev–Trinajstić information content (AvgIpc) is 2.73. The average molecular weight is 467 g/mol. The second-order valence-electron chi connectivity index (χ2n) is 8.52. The number of amides is 2. The third-order valence-corrected chi connectivity index (χ3v) is 5.32. The van der Waals surface area contributed by atoms with E-state index in [1.807, 2.05) is 20.8 Å². The lowest BCUT2D eigenvalue weighted by atomic mass is 9.92. The van der Waals surface area contributed by atoms with Gasteiger partial charge in [0.1, 0.15) is 18.2 Å². The first-order chi connectivity index (χ1) is 15.0. The summed E-state index contributed by atoms with van der Waals surface area (Å²) >= 11 is 5.72. The molecule has 0 aliphatic carbocycles. The summed E-state index contributed by atoms with van der Waals surface area (Å²) < 4.78 is 38.6. The van der Waals surface area contributed by atoms with Crippen molar-refractivity contribution in [2.24, 2.45) is 0 Å². The molecule has 1 aliphatic heterocycles. The Hall–Kier alpha value is -2.87. The molecule has 3 rings (SSSR count). The number of nitrogens with one attached hydrogen (secondary N) is 1. The first-order valence-electron chi connectivity index (χ1n) is 10.1. The largest absolute Gasteiger partial charge is 0.489 e. The summed E-state index contributed by atoms with van der Waals surface area (Å²) in [6.45, 7) is 5.49. The maximum atomic E-state index is 14.1. The Morgan fingerprint density at radius 1 is 1.22 bits per heavy atom. The van der Waals surface area contributed by atoms with Crippen LogP contribution in [0.1, 0.15) is 43.5 Å². The van der Waals surface area contributed by atoms with Crippen LogP contribution in [0, 0.1) is 11.6 Å². The predicted octanol–water partition coefficient (Wildman–Crippen LogP) is 4.78. The van der Waals surface area contributed by atoms with Crippen LogP contribution in [0.15, 0.2) is 30.3 Å². The zero-order valence-corrected chi connectivity index (χ0v) is 19.1. The Labute approximate surface area is 190 Å². The first-order valence-corrected chi connectivity index (χ1v) is 10.4. The second-order valence-corrected chi connectivity index (χ2v) is 8.93. The van der Waals surface area contributed by atoms with E-state index in [4.69, 9.17) is 21.1 Å². The normalized spacial score (nSPS) is 15.7. The van der Waals surface area contributed by atoms with Gasteiger partial charge in [-0.15, -0.1) is 0 Å². The topological polar surface area (TPSA) is 67.9 Å². The zero-order valence-electron chi connectivity index (χ0n) is 18.3. The molecule has 1 heterocycles. The van der Waals surface area contributed by atoms with Crippen molar-refractivity contribution < 1.29 is 27.8 Å². The summed E-state index contributed by atoms with van der Waals surface area (Å²) in [6.07, 6.45) is 0.470. The highest BCUT2D eigenvalue weighted by atomic mass is 35.5. The van der Waals surface area contributed by atoms with Gasteiger partial charge in [0, 0.05) is 12.1 Å². The molecule has 9 heteroatoms. The number of methoxy groups -OCH3 is 1. The first kappa shape index (κ1) is 23.8. The monoisotopic (exact) mass is 466 g/mol. The number of carbonyl (C=O) groups is 2. The van der Waals surface area contributed by atoms with Crippen LogP contribution >= 0.6 is 11.6 Å². The number of benzene rings is 2. The molecular weight excluding hydrogens is 442 g/mol. The van der Waals surface area contributed by atoms with Gasteiger partial charge in [-0.05, 0) is 62.6 Å². The van der Waals surface area contributed by atoms with Crippen molar-refractivity contribution in [3.05, 3.63) is 63.7 Å². The van der Waals surface area contributed by atoms with Crippen LogP contribution in [0.3, 0.4) is 0 Å². The SMILES string of the molecule is COC(=O)C1c2ccc(OCc3c(F)ccc(Cl)c3F)cc2CCN1C(=O)NC(C)(C)C. The number of hydrogen-bond acceptors (Lipinski definition) is 4. The van der Waals surface area contributed by atoms with Gasteiger partial charge in [-0.3, -0.25) is 0 Å². The fraction of sp³-hybridized carbons (Fsp3) is 0.391. The standard InChI is InChI=1S/C23H25ClF2N2O4/c1-23(2,3)27-22(30)28-10-9-13-11-14(5-6-15(13)20(28)21(29)31-4)32-12-16-18(25)8-7-17(24)19(16)26/h5-8,11,20H,9-10,12H2,1-4H3,(H,27,30). The highest BCUT2D eigenvalue weighted by molar-refractivity contribution is 6.30. The minimum absolute atomic E-state index is 0.190. The van der Waals surface area contributed by atoms with Crippen LogP contribution in [0.2, 0.25) is 5.02 Å². The maximum absolute atomic E-state index is 14.1. The number of hydrogen-bond donors (Lipinski definition) is 1. The number of halogens is 3. The van der Waals surface area contributed by atoms with Crippen molar-refractivity contribution >= 4 is 23.6 Å². The highest BCUT2D eigenvalue weighted by Gasteiger charge is 2.37. The smallest absolute Gasteiger partial charge is 0.333 e. The molecule has 2 amide bonds. The summed E-state index contributed by atoms with van der Waals surface area (Å²) in [7, 11) is 1.27. The summed E-state index contributed by atoms with van der Waals surface area (Å²) in [4.78, 5) is 26.8. The lowest BCUT2D eigenvalue weighted by Gasteiger charge is -2.37. The Balaban J connectivity index is 1.84. The van der Waals surface area contributed by atoms with Gasteiger partial charge < -0.3 is 19.7 Å². The van der Waals surface area contributed by atoms with Gasteiger partial charge in [0.2, 0.25) is 0 Å². The highest BCUT2D eigenvalue weighted by Crippen LogP contribution is 2.34. The Kier molecular flexibility index (Phi) is 6.93. The van der Waals surface area contributed by atoms with E-state index < -0.39 is 29.2 Å². The maximum Gasteiger partial charge on any atom is 0.333 e. The van der Waals surface area contributed by atoms with Crippen molar-refractivity contribution in [1.29, 1.82) is 0 Å². The van der Waals surface area contributed by atoms with Crippen molar-refractivity contribution in [3.8, 4) is 5.75 Å². The Morgan fingerprint density at radius 2 is 1.94 bits per heavy atom. The lowest BCUT2D eigenvalue weighted by Crippen LogP contribution is -2.53. The number of ether oxygens (including phenoxy) is 2. The molecule has 32 heavy (non-hydrogen) atoms. The van der Waals surface area contributed by atoms with Crippen LogP contribution in [-0.4, -0.2) is 36.1 Å². The number of nitrogens with zero attached hydrogens (tertiary/aromatic N) is 1. The van der Waals surface area contributed by atoms with E-state index in [-0.39, 0.29) is 29.8 Å². The summed E-state index contributed by atoms with van der Waals surface area (Å²) in [6, 6.07) is 5.88. The minimum Gasteiger partial charge on any atom is -0.489 e. The van der Waals surface area contributed by atoms with Gasteiger partial charge in [0.25, 0.3) is 0 Å². The number of carbonyl (C=O) groups excluding carboxylic acids is 2. The van der Waals surface area contributed by atoms with Crippen LogP contribution < -0.4 is 10.1 Å². The molecule has 2 aromatic carbocycles. The fourth-order valence-corrected chi connectivity index (χ4v) is 3.70. The Bertz CT molecular complexity index is 1040. The van der Waals surface area contributed by atoms with Crippen molar-refractivity contribution in [2.45, 2.75) is 45.4 Å². The molecular formula is C23H25ClF2N2O4. The molecule has 0 aromatic heterocycles. The van der Waals surface area contributed by atoms with Crippen LogP contribution in [0.4, 0.5) is 13.6 Å². The van der Waals surface area contributed by atoms with Gasteiger partial charge >= 0.3 is 12.0 Å². The van der Waals surface area contributed by atoms with Crippen molar-refractivity contribution in [3.63, 3.8) is 0 Å². The van der Waals surface area contributed by atoms with Crippen molar-refractivity contribution in [1.82, 2.24) is 10.2 Å². The van der Waals surface area contributed by atoms with Crippen LogP contribution in [0.25, 0.3) is 0 Å². The molecule has 1 aliphatic rings. The summed E-state index contributed by atoms with van der Waals surface area (Å²) in [5.74, 6) is -1.81. The van der Waals surface area contributed by atoms with Crippen molar-refractivity contribution in [2.75, 3.05) is 13.7 Å². The molecule has 0 saturated carbocycles. The van der Waals surface area contributed by atoms with Crippen LogP contribution in [-0.2, 0) is 22.6 Å². The molecule has 0 radical (unpaired) electrons. The molecule has 172 valence electrons. The molecule has 2 aromatic rings. The zero-order chi connectivity index (χ0) is 23.6. The van der Waals surface area contributed by atoms with E-state index in [9.17, 15) is 18.4 Å². The van der Waals surface area contributed by atoms with Gasteiger partial charge in [0.15, 0.2) is 11.9 Å². The van der Waals surface area contributed by atoms with Gasteiger partial charge in [-0.2, -0.15) is 0 Å². The van der Waals surface area contributed by atoms with E-state index in [0.717, 1.165) is 17.7 Å². The lowest BCUT2D eigenvalue weighted by molar-refractivity contribution is -0.146.